The summed E-state index contributed by atoms with van der Waals surface area (Å²) in [4.78, 5) is 0. The summed E-state index contributed by atoms with van der Waals surface area (Å²) in [6.45, 7) is 5.08. The largest absolute Gasteiger partial charge is 0.381 e. The summed E-state index contributed by atoms with van der Waals surface area (Å²) in [5.74, 6) is 1.42. The predicted octanol–water partition coefficient (Wildman–Crippen LogP) is 1.63. The Kier molecular flexibility index (Phi) is 4.96. The summed E-state index contributed by atoms with van der Waals surface area (Å²) < 4.78 is 5.28. The molecule has 0 aliphatic carbocycles. The molecule has 0 amide bonds. The first-order valence-corrected chi connectivity index (χ1v) is 5.27. The monoisotopic (exact) mass is 191 g/mol. The van der Waals surface area contributed by atoms with Crippen molar-refractivity contribution in [3.63, 3.8) is 0 Å². The van der Waals surface area contributed by atoms with Crippen molar-refractivity contribution in [3.8, 4) is 0 Å². The third-order valence-electron chi connectivity index (χ3n) is 2.40. The maximum Gasteiger partial charge on any atom is 0.0507 e. The fourth-order valence-corrected chi connectivity index (χ4v) is 1.71. The highest BCUT2D eigenvalue weighted by atomic mass is 35.5. The van der Waals surface area contributed by atoms with E-state index in [0.717, 1.165) is 26.2 Å². The highest BCUT2D eigenvalue weighted by Crippen LogP contribution is 2.11. The Hall–Kier alpha value is 0.210. The fourth-order valence-electron chi connectivity index (χ4n) is 1.39. The molecular weight excluding hydrogens is 174 g/mol. The maximum absolute atomic E-state index is 5.76. The molecule has 0 saturated carbocycles. The Morgan fingerprint density at radius 1 is 1.67 bits per heavy atom. The van der Waals surface area contributed by atoms with E-state index in [4.69, 9.17) is 16.3 Å². The lowest BCUT2D eigenvalue weighted by Crippen LogP contribution is -2.34. The molecule has 0 aromatic heterocycles. The average molecular weight is 192 g/mol. The molecule has 0 bridgehead atoms. The lowest BCUT2D eigenvalue weighted by molar-refractivity contribution is 0.184. The molecule has 1 N–H and O–H groups in total. The van der Waals surface area contributed by atoms with Crippen LogP contribution in [0.4, 0.5) is 0 Å². The Balaban J connectivity index is 2.06. The van der Waals surface area contributed by atoms with Gasteiger partial charge in [0.2, 0.25) is 0 Å². The first-order chi connectivity index (χ1) is 5.86. The summed E-state index contributed by atoms with van der Waals surface area (Å²) >= 11 is 5.76. The van der Waals surface area contributed by atoms with Crippen LogP contribution in [0.2, 0.25) is 0 Å². The molecular formula is C9H18ClNO. The molecule has 2 atom stereocenters. The van der Waals surface area contributed by atoms with E-state index in [1.807, 2.05) is 0 Å². The van der Waals surface area contributed by atoms with Crippen LogP contribution in [0.5, 0.6) is 0 Å². The van der Waals surface area contributed by atoms with Crippen LogP contribution in [-0.2, 0) is 4.74 Å². The molecule has 1 aliphatic rings. The summed E-state index contributed by atoms with van der Waals surface area (Å²) in [6.07, 6.45) is 2.31. The molecule has 2 unspecified atom stereocenters. The van der Waals surface area contributed by atoms with Crippen LogP contribution in [-0.4, -0.2) is 31.7 Å². The van der Waals surface area contributed by atoms with Crippen molar-refractivity contribution in [2.75, 3.05) is 25.6 Å². The number of nitrogens with one attached hydrogen (secondary N) is 1. The van der Waals surface area contributed by atoms with Crippen LogP contribution >= 0.6 is 11.6 Å². The number of halogens is 1. The average Bonchev–Trinajstić information content (AvgIpc) is 2.59. The van der Waals surface area contributed by atoms with Crippen molar-refractivity contribution in [1.82, 2.24) is 5.32 Å². The zero-order valence-electron chi connectivity index (χ0n) is 7.68. The molecule has 0 aromatic carbocycles. The van der Waals surface area contributed by atoms with Crippen LogP contribution in [0.15, 0.2) is 0 Å². The van der Waals surface area contributed by atoms with E-state index in [-0.39, 0.29) is 0 Å². The Labute approximate surface area is 79.6 Å². The highest BCUT2D eigenvalue weighted by Gasteiger charge is 2.16. The Bertz CT molecular complexity index is 109. The number of hydrogen-bond acceptors (Lipinski definition) is 2. The number of alkyl halides is 1. The zero-order valence-corrected chi connectivity index (χ0v) is 8.44. The topological polar surface area (TPSA) is 21.3 Å². The van der Waals surface area contributed by atoms with Gasteiger partial charge in [0, 0.05) is 25.1 Å². The van der Waals surface area contributed by atoms with Crippen molar-refractivity contribution < 1.29 is 4.74 Å². The van der Waals surface area contributed by atoms with E-state index in [0.29, 0.717) is 17.8 Å². The lowest BCUT2D eigenvalue weighted by atomic mass is 10.1. The summed E-state index contributed by atoms with van der Waals surface area (Å²) in [7, 11) is 0. The normalized spacial score (nSPS) is 26.0. The van der Waals surface area contributed by atoms with E-state index in [2.05, 4.69) is 12.2 Å². The Morgan fingerprint density at radius 3 is 3.00 bits per heavy atom. The van der Waals surface area contributed by atoms with Crippen LogP contribution < -0.4 is 5.32 Å². The molecule has 0 radical (unpaired) electrons. The first-order valence-electron chi connectivity index (χ1n) is 4.74. The summed E-state index contributed by atoms with van der Waals surface area (Å²) in [5.41, 5.74) is 0. The van der Waals surface area contributed by atoms with Gasteiger partial charge in [-0.05, 0) is 18.8 Å². The molecule has 12 heavy (non-hydrogen) atoms. The van der Waals surface area contributed by atoms with Gasteiger partial charge in [-0.2, -0.15) is 0 Å². The third kappa shape index (κ3) is 3.30. The first kappa shape index (κ1) is 10.3. The van der Waals surface area contributed by atoms with Gasteiger partial charge in [-0.15, -0.1) is 11.6 Å². The van der Waals surface area contributed by atoms with E-state index in [1.54, 1.807) is 0 Å². The quantitative estimate of drug-likeness (QED) is 0.668. The SMILES string of the molecule is CCC(CCl)NCC1CCOC1. The summed E-state index contributed by atoms with van der Waals surface area (Å²) in [5, 5.41) is 3.45. The maximum atomic E-state index is 5.76. The molecule has 2 nitrogen and oxygen atoms in total. The molecule has 3 heteroatoms. The second kappa shape index (κ2) is 5.79. The second-order valence-electron chi connectivity index (χ2n) is 3.40. The van der Waals surface area contributed by atoms with Gasteiger partial charge < -0.3 is 10.1 Å². The second-order valence-corrected chi connectivity index (χ2v) is 3.71. The zero-order chi connectivity index (χ0) is 8.81. The third-order valence-corrected chi connectivity index (χ3v) is 2.77. The molecule has 1 saturated heterocycles. The van der Waals surface area contributed by atoms with E-state index in [9.17, 15) is 0 Å². The molecule has 72 valence electrons. The number of ether oxygens (including phenoxy) is 1. The van der Waals surface area contributed by atoms with Gasteiger partial charge in [-0.3, -0.25) is 0 Å². The summed E-state index contributed by atoms with van der Waals surface area (Å²) in [6, 6.07) is 0.479. The Morgan fingerprint density at radius 2 is 2.50 bits per heavy atom. The molecule has 1 fully saturated rings. The van der Waals surface area contributed by atoms with Gasteiger partial charge in [-0.25, -0.2) is 0 Å². The van der Waals surface area contributed by atoms with E-state index in [1.165, 1.54) is 6.42 Å². The minimum atomic E-state index is 0.479. The standard InChI is InChI=1S/C9H18ClNO/c1-2-9(5-10)11-6-8-3-4-12-7-8/h8-9,11H,2-7H2,1H3. The van der Waals surface area contributed by atoms with E-state index < -0.39 is 0 Å². The van der Waals surface area contributed by atoms with Crippen molar-refractivity contribution >= 4 is 11.6 Å². The molecule has 1 heterocycles. The van der Waals surface area contributed by atoms with Crippen molar-refractivity contribution in [1.29, 1.82) is 0 Å². The molecule has 0 aromatic rings. The fraction of sp³-hybridized carbons (Fsp3) is 1.00. The predicted molar refractivity (Wildman–Crippen MR) is 51.7 cm³/mol. The molecule has 1 rings (SSSR count). The van der Waals surface area contributed by atoms with Crippen LogP contribution in [0.1, 0.15) is 19.8 Å². The van der Waals surface area contributed by atoms with Gasteiger partial charge in [0.15, 0.2) is 0 Å². The molecule has 0 spiro atoms. The van der Waals surface area contributed by atoms with Gasteiger partial charge in [0.1, 0.15) is 0 Å². The van der Waals surface area contributed by atoms with Crippen LogP contribution in [0.25, 0.3) is 0 Å². The van der Waals surface area contributed by atoms with Gasteiger partial charge in [0.25, 0.3) is 0 Å². The van der Waals surface area contributed by atoms with Gasteiger partial charge in [0.05, 0.1) is 6.61 Å². The molecule has 1 aliphatic heterocycles. The van der Waals surface area contributed by atoms with Crippen molar-refractivity contribution in [2.45, 2.75) is 25.8 Å². The highest BCUT2D eigenvalue weighted by molar-refractivity contribution is 6.18. The van der Waals surface area contributed by atoms with Crippen molar-refractivity contribution in [2.24, 2.45) is 5.92 Å². The minimum absolute atomic E-state index is 0.479. The lowest BCUT2D eigenvalue weighted by Gasteiger charge is -2.16. The number of rotatable bonds is 5. The van der Waals surface area contributed by atoms with Crippen LogP contribution in [0.3, 0.4) is 0 Å². The van der Waals surface area contributed by atoms with E-state index >= 15 is 0 Å². The minimum Gasteiger partial charge on any atom is -0.381 e. The number of hydrogen-bond donors (Lipinski definition) is 1. The van der Waals surface area contributed by atoms with Crippen molar-refractivity contribution in [3.05, 3.63) is 0 Å². The smallest absolute Gasteiger partial charge is 0.0507 e. The van der Waals surface area contributed by atoms with Gasteiger partial charge >= 0.3 is 0 Å². The van der Waals surface area contributed by atoms with Crippen LogP contribution in [0, 0.1) is 5.92 Å². The van der Waals surface area contributed by atoms with Gasteiger partial charge in [-0.1, -0.05) is 6.92 Å².